The van der Waals surface area contributed by atoms with Crippen LogP contribution in [0.4, 0.5) is 5.69 Å². The van der Waals surface area contributed by atoms with E-state index in [0.29, 0.717) is 24.7 Å². The minimum Gasteiger partial charge on any atom is -0.467 e. The van der Waals surface area contributed by atoms with Gasteiger partial charge in [0, 0.05) is 36.9 Å². The lowest BCUT2D eigenvalue weighted by Crippen LogP contribution is -2.59. The quantitative estimate of drug-likeness (QED) is 0.740. The molecule has 1 atom stereocenters. The van der Waals surface area contributed by atoms with Crippen LogP contribution in [0.3, 0.4) is 0 Å². The normalized spacial score (nSPS) is 23.2. The number of para-hydroxylation sites is 1. The number of rotatable bonds is 6. The van der Waals surface area contributed by atoms with Gasteiger partial charge in [-0.25, -0.2) is 0 Å². The molecule has 0 radical (unpaired) electrons. The third-order valence-corrected chi connectivity index (χ3v) is 7.70. The fourth-order valence-electron chi connectivity index (χ4n) is 5.88. The SMILES string of the molecule is CC1Cc2ccccc2N1Cc1occc1C(=O)NCC1(N2CCOCC2)CCCCC1. The van der Waals surface area contributed by atoms with E-state index in [1.54, 1.807) is 6.26 Å². The Morgan fingerprint density at radius 2 is 1.91 bits per heavy atom. The van der Waals surface area contributed by atoms with E-state index >= 15 is 0 Å². The van der Waals surface area contributed by atoms with Crippen molar-refractivity contribution >= 4 is 11.6 Å². The maximum atomic E-state index is 13.3. The van der Waals surface area contributed by atoms with Crippen molar-refractivity contribution in [1.29, 1.82) is 0 Å². The molecule has 0 spiro atoms. The number of furan rings is 1. The summed E-state index contributed by atoms with van der Waals surface area (Å²) in [5, 5.41) is 3.29. The van der Waals surface area contributed by atoms with Gasteiger partial charge in [0.1, 0.15) is 5.76 Å². The van der Waals surface area contributed by atoms with Crippen molar-refractivity contribution in [3.05, 3.63) is 53.5 Å². The van der Waals surface area contributed by atoms with Gasteiger partial charge < -0.3 is 19.4 Å². The van der Waals surface area contributed by atoms with Gasteiger partial charge in [0.05, 0.1) is 31.6 Å². The zero-order valence-electron chi connectivity index (χ0n) is 19.1. The van der Waals surface area contributed by atoms with Crippen molar-refractivity contribution < 1.29 is 13.9 Å². The molecule has 0 bridgehead atoms. The van der Waals surface area contributed by atoms with Crippen LogP contribution in [0.2, 0.25) is 0 Å². The van der Waals surface area contributed by atoms with Crippen LogP contribution in [0.5, 0.6) is 0 Å². The Morgan fingerprint density at radius 3 is 2.72 bits per heavy atom. The number of morpholine rings is 1. The van der Waals surface area contributed by atoms with Crippen molar-refractivity contribution in [2.75, 3.05) is 37.7 Å². The predicted octanol–water partition coefficient (Wildman–Crippen LogP) is 4.00. The van der Waals surface area contributed by atoms with Crippen molar-refractivity contribution in [3.63, 3.8) is 0 Å². The minimum absolute atomic E-state index is 0.0212. The molecule has 172 valence electrons. The molecule has 6 heteroatoms. The second-order valence-electron chi connectivity index (χ2n) is 9.63. The molecule has 1 N–H and O–H groups in total. The third-order valence-electron chi connectivity index (χ3n) is 7.70. The fraction of sp³-hybridized carbons (Fsp3) is 0.577. The second-order valence-corrected chi connectivity index (χ2v) is 9.63. The lowest BCUT2D eigenvalue weighted by atomic mass is 9.79. The molecule has 1 saturated carbocycles. The molecule has 1 amide bonds. The molecule has 6 nitrogen and oxygen atoms in total. The Bertz CT molecular complexity index is 928. The van der Waals surface area contributed by atoms with Crippen molar-refractivity contribution in [2.45, 2.75) is 63.6 Å². The number of ether oxygens (including phenoxy) is 1. The first kappa shape index (κ1) is 21.5. The van der Waals surface area contributed by atoms with Gasteiger partial charge >= 0.3 is 0 Å². The predicted molar refractivity (Wildman–Crippen MR) is 125 cm³/mol. The number of carbonyl (C=O) groups is 1. The summed E-state index contributed by atoms with van der Waals surface area (Å²) in [5.41, 5.74) is 3.33. The lowest BCUT2D eigenvalue weighted by molar-refractivity contribution is -0.0361. The van der Waals surface area contributed by atoms with Crippen LogP contribution in [-0.4, -0.2) is 55.2 Å². The minimum atomic E-state index is -0.0212. The van der Waals surface area contributed by atoms with Crippen LogP contribution in [-0.2, 0) is 17.7 Å². The number of nitrogens with zero attached hydrogens (tertiary/aromatic N) is 2. The third kappa shape index (κ3) is 4.18. The maximum Gasteiger partial charge on any atom is 0.254 e. The number of hydrogen-bond acceptors (Lipinski definition) is 5. The number of benzene rings is 1. The summed E-state index contributed by atoms with van der Waals surface area (Å²) in [6.45, 7) is 7.03. The van der Waals surface area contributed by atoms with Crippen LogP contribution in [0.15, 0.2) is 41.0 Å². The molecule has 2 aliphatic heterocycles. The molecular formula is C26H35N3O3. The van der Waals surface area contributed by atoms with Gasteiger partial charge in [0.25, 0.3) is 5.91 Å². The van der Waals surface area contributed by atoms with Crippen molar-refractivity contribution in [2.24, 2.45) is 0 Å². The van der Waals surface area contributed by atoms with E-state index in [4.69, 9.17) is 9.15 Å². The van der Waals surface area contributed by atoms with Gasteiger partial charge in [-0.15, -0.1) is 0 Å². The number of anilines is 1. The summed E-state index contributed by atoms with van der Waals surface area (Å²) >= 11 is 0. The van der Waals surface area contributed by atoms with E-state index in [-0.39, 0.29) is 11.4 Å². The van der Waals surface area contributed by atoms with Gasteiger partial charge in [-0.2, -0.15) is 0 Å². The van der Waals surface area contributed by atoms with E-state index < -0.39 is 0 Å². The van der Waals surface area contributed by atoms with E-state index in [1.807, 2.05) is 6.07 Å². The van der Waals surface area contributed by atoms with Gasteiger partial charge in [0.2, 0.25) is 0 Å². The Hall–Kier alpha value is -2.31. The standard InChI is InChI=1S/C26H35N3O3/c1-20-17-21-7-3-4-8-23(21)29(20)18-24-22(9-14-32-24)25(30)27-19-26(10-5-2-6-11-26)28-12-15-31-16-13-28/h3-4,7-9,14,20H,2,5-6,10-13,15-19H2,1H3,(H,27,30). The summed E-state index contributed by atoms with van der Waals surface area (Å²) < 4.78 is 11.4. The highest BCUT2D eigenvalue weighted by Gasteiger charge is 2.39. The summed E-state index contributed by atoms with van der Waals surface area (Å²) in [5.74, 6) is 0.724. The number of nitrogens with one attached hydrogen (secondary N) is 1. The molecule has 5 rings (SSSR count). The van der Waals surface area contributed by atoms with E-state index in [0.717, 1.165) is 51.3 Å². The number of hydrogen-bond donors (Lipinski definition) is 1. The largest absolute Gasteiger partial charge is 0.467 e. The second kappa shape index (κ2) is 9.28. The highest BCUT2D eigenvalue weighted by Crippen LogP contribution is 2.35. The molecule has 1 aliphatic carbocycles. The Morgan fingerprint density at radius 1 is 1.12 bits per heavy atom. The highest BCUT2D eigenvalue weighted by atomic mass is 16.5. The number of amides is 1. The summed E-state index contributed by atoms with van der Waals surface area (Å²) in [4.78, 5) is 18.2. The van der Waals surface area contributed by atoms with E-state index in [2.05, 4.69) is 46.3 Å². The van der Waals surface area contributed by atoms with Crippen LogP contribution >= 0.6 is 0 Å². The Kier molecular flexibility index (Phi) is 6.24. The summed E-state index contributed by atoms with van der Waals surface area (Å²) in [7, 11) is 0. The zero-order valence-corrected chi connectivity index (χ0v) is 19.1. The van der Waals surface area contributed by atoms with Gasteiger partial charge in [-0.3, -0.25) is 9.69 Å². The summed E-state index contributed by atoms with van der Waals surface area (Å²) in [6, 6.07) is 10.7. The van der Waals surface area contributed by atoms with Gasteiger partial charge in [-0.05, 0) is 43.9 Å². The van der Waals surface area contributed by atoms with Crippen LogP contribution in [0, 0.1) is 0 Å². The first-order chi connectivity index (χ1) is 15.7. The van der Waals surface area contributed by atoms with Crippen molar-refractivity contribution in [1.82, 2.24) is 10.2 Å². The number of carbonyl (C=O) groups excluding carboxylic acids is 1. The lowest BCUT2D eigenvalue weighted by Gasteiger charge is -2.48. The molecule has 1 unspecified atom stereocenters. The maximum absolute atomic E-state index is 13.3. The van der Waals surface area contributed by atoms with Crippen LogP contribution in [0.25, 0.3) is 0 Å². The fourth-order valence-corrected chi connectivity index (χ4v) is 5.88. The Balaban J connectivity index is 1.28. The van der Waals surface area contributed by atoms with Gasteiger partial charge in [0.15, 0.2) is 0 Å². The van der Waals surface area contributed by atoms with E-state index in [1.165, 1.54) is 30.5 Å². The van der Waals surface area contributed by atoms with E-state index in [9.17, 15) is 4.79 Å². The topological polar surface area (TPSA) is 58.0 Å². The average molecular weight is 438 g/mol. The zero-order chi connectivity index (χ0) is 22.0. The molecule has 1 saturated heterocycles. The van der Waals surface area contributed by atoms with Crippen LogP contribution in [0.1, 0.15) is 60.7 Å². The molecule has 1 aromatic carbocycles. The Labute approximate surface area is 190 Å². The first-order valence-corrected chi connectivity index (χ1v) is 12.2. The molecule has 2 fully saturated rings. The summed E-state index contributed by atoms with van der Waals surface area (Å²) in [6.07, 6.45) is 8.73. The molecule has 3 heterocycles. The molecule has 1 aromatic heterocycles. The van der Waals surface area contributed by atoms with Gasteiger partial charge in [-0.1, -0.05) is 37.5 Å². The molecule has 32 heavy (non-hydrogen) atoms. The smallest absolute Gasteiger partial charge is 0.254 e. The monoisotopic (exact) mass is 437 g/mol. The highest BCUT2D eigenvalue weighted by molar-refractivity contribution is 5.95. The molecular weight excluding hydrogens is 402 g/mol. The molecule has 3 aliphatic rings. The first-order valence-electron chi connectivity index (χ1n) is 12.2. The van der Waals surface area contributed by atoms with Crippen LogP contribution < -0.4 is 10.2 Å². The molecule has 2 aromatic rings. The van der Waals surface area contributed by atoms with Crippen molar-refractivity contribution in [3.8, 4) is 0 Å². The number of fused-ring (bicyclic) bond motifs is 1. The average Bonchev–Trinajstić information content (AvgIpc) is 3.43.